The zero-order valence-corrected chi connectivity index (χ0v) is 16.6. The number of hydrogen-bond donors (Lipinski definition) is 1. The zero-order chi connectivity index (χ0) is 19.2. The molecule has 1 unspecified atom stereocenters. The summed E-state index contributed by atoms with van der Waals surface area (Å²) in [6.07, 6.45) is 1.61. The minimum Gasteiger partial charge on any atom is -0.493 e. The van der Waals surface area contributed by atoms with Gasteiger partial charge < -0.3 is 15.0 Å². The molecule has 1 fully saturated rings. The van der Waals surface area contributed by atoms with Crippen LogP contribution in [0.15, 0.2) is 48.5 Å². The molecule has 0 saturated carbocycles. The van der Waals surface area contributed by atoms with Crippen LogP contribution >= 0.6 is 0 Å². The maximum absolute atomic E-state index is 12.0. The lowest BCUT2D eigenvalue weighted by Crippen LogP contribution is -2.24. The molecule has 1 N–H and O–H groups in total. The molecule has 27 heavy (non-hydrogen) atoms. The average Bonchev–Trinajstić information content (AvgIpc) is 3.11. The fourth-order valence-corrected chi connectivity index (χ4v) is 3.24. The number of carbonyl (C=O) groups is 1. The van der Waals surface area contributed by atoms with Gasteiger partial charge in [0.25, 0.3) is 0 Å². The minimum atomic E-state index is 0.208. The van der Waals surface area contributed by atoms with E-state index in [2.05, 4.69) is 50.4 Å². The SMILES string of the molecule is CC(C)COc1ccc(CNC(C)c2cccc(N3CCCC3=O)c2)cc1. The molecule has 2 aromatic carbocycles. The first-order valence-corrected chi connectivity index (χ1v) is 9.88. The smallest absolute Gasteiger partial charge is 0.227 e. The van der Waals surface area contributed by atoms with Gasteiger partial charge in [0.05, 0.1) is 6.61 Å². The van der Waals surface area contributed by atoms with Crippen molar-refractivity contribution in [1.29, 1.82) is 0 Å². The second-order valence-corrected chi connectivity index (χ2v) is 7.70. The van der Waals surface area contributed by atoms with Crippen molar-refractivity contribution in [3.8, 4) is 5.75 Å². The van der Waals surface area contributed by atoms with Crippen LogP contribution in [0.25, 0.3) is 0 Å². The minimum absolute atomic E-state index is 0.208. The van der Waals surface area contributed by atoms with Gasteiger partial charge in [-0.05, 0) is 54.7 Å². The van der Waals surface area contributed by atoms with E-state index in [4.69, 9.17) is 4.74 Å². The van der Waals surface area contributed by atoms with E-state index in [0.717, 1.165) is 37.6 Å². The molecule has 1 saturated heterocycles. The summed E-state index contributed by atoms with van der Waals surface area (Å²) in [5.74, 6) is 1.68. The molecule has 144 valence electrons. The molecule has 0 bridgehead atoms. The van der Waals surface area contributed by atoms with Crippen molar-refractivity contribution < 1.29 is 9.53 Å². The predicted octanol–water partition coefficient (Wildman–Crippen LogP) is 4.70. The third-order valence-electron chi connectivity index (χ3n) is 4.87. The Balaban J connectivity index is 1.56. The molecule has 3 rings (SSSR count). The molecule has 4 heteroatoms. The van der Waals surface area contributed by atoms with Crippen LogP contribution in [0.3, 0.4) is 0 Å². The van der Waals surface area contributed by atoms with Crippen LogP contribution in [0.5, 0.6) is 5.75 Å². The van der Waals surface area contributed by atoms with Crippen LogP contribution in [0.2, 0.25) is 0 Å². The molecule has 1 atom stereocenters. The maximum atomic E-state index is 12.0. The van der Waals surface area contributed by atoms with Crippen LogP contribution in [-0.4, -0.2) is 19.1 Å². The molecule has 2 aromatic rings. The summed E-state index contributed by atoms with van der Waals surface area (Å²) in [5.41, 5.74) is 3.43. The Morgan fingerprint density at radius 3 is 2.56 bits per heavy atom. The second-order valence-electron chi connectivity index (χ2n) is 7.70. The molecule has 1 heterocycles. The lowest BCUT2D eigenvalue weighted by molar-refractivity contribution is -0.117. The van der Waals surface area contributed by atoms with Gasteiger partial charge in [0, 0.05) is 31.2 Å². The highest BCUT2D eigenvalue weighted by atomic mass is 16.5. The third-order valence-corrected chi connectivity index (χ3v) is 4.87. The average molecular weight is 367 g/mol. The molecule has 1 aliphatic heterocycles. The molecule has 0 spiro atoms. The first kappa shape index (κ1) is 19.4. The molecular formula is C23H30N2O2. The van der Waals surface area contributed by atoms with Crippen molar-refractivity contribution in [1.82, 2.24) is 5.32 Å². The van der Waals surface area contributed by atoms with Gasteiger partial charge in [0.1, 0.15) is 5.75 Å². The van der Waals surface area contributed by atoms with Crippen molar-refractivity contribution in [2.75, 3.05) is 18.1 Å². The summed E-state index contributed by atoms with van der Waals surface area (Å²) >= 11 is 0. The number of rotatable bonds is 8. The lowest BCUT2D eigenvalue weighted by atomic mass is 10.1. The molecule has 1 aliphatic rings. The van der Waals surface area contributed by atoms with E-state index in [-0.39, 0.29) is 11.9 Å². The zero-order valence-electron chi connectivity index (χ0n) is 16.6. The van der Waals surface area contributed by atoms with Crippen molar-refractivity contribution in [2.24, 2.45) is 5.92 Å². The summed E-state index contributed by atoms with van der Waals surface area (Å²) in [4.78, 5) is 13.9. The first-order valence-electron chi connectivity index (χ1n) is 9.88. The van der Waals surface area contributed by atoms with Gasteiger partial charge >= 0.3 is 0 Å². The maximum Gasteiger partial charge on any atom is 0.227 e. The summed E-state index contributed by atoms with van der Waals surface area (Å²) in [7, 11) is 0. The largest absolute Gasteiger partial charge is 0.493 e. The number of ether oxygens (including phenoxy) is 1. The second kappa shape index (κ2) is 9.05. The fourth-order valence-electron chi connectivity index (χ4n) is 3.24. The molecule has 4 nitrogen and oxygen atoms in total. The van der Waals surface area contributed by atoms with E-state index in [9.17, 15) is 4.79 Å². The standard InChI is InChI=1S/C23H30N2O2/c1-17(2)16-27-22-11-9-19(10-12-22)15-24-18(3)20-6-4-7-21(14-20)25-13-5-8-23(25)26/h4,6-7,9-12,14,17-18,24H,5,8,13,15-16H2,1-3H3. The summed E-state index contributed by atoms with van der Waals surface area (Å²) < 4.78 is 5.74. The topological polar surface area (TPSA) is 41.6 Å². The third kappa shape index (κ3) is 5.33. The van der Waals surface area contributed by atoms with Crippen LogP contribution < -0.4 is 15.0 Å². The molecule has 0 aliphatic carbocycles. The van der Waals surface area contributed by atoms with Crippen molar-refractivity contribution >= 4 is 11.6 Å². The van der Waals surface area contributed by atoms with Gasteiger partial charge in [-0.3, -0.25) is 4.79 Å². The van der Waals surface area contributed by atoms with Crippen molar-refractivity contribution in [3.63, 3.8) is 0 Å². The lowest BCUT2D eigenvalue weighted by Gasteiger charge is -2.19. The van der Waals surface area contributed by atoms with E-state index in [1.165, 1.54) is 11.1 Å². The molecule has 0 aromatic heterocycles. The number of nitrogens with one attached hydrogen (secondary N) is 1. The number of carbonyl (C=O) groups excluding carboxylic acids is 1. The van der Waals surface area contributed by atoms with Crippen LogP contribution in [-0.2, 0) is 11.3 Å². The van der Waals surface area contributed by atoms with E-state index in [0.29, 0.717) is 12.3 Å². The van der Waals surface area contributed by atoms with Crippen LogP contribution in [0, 0.1) is 5.92 Å². The van der Waals surface area contributed by atoms with Crippen molar-refractivity contribution in [3.05, 3.63) is 59.7 Å². The summed E-state index contributed by atoms with van der Waals surface area (Å²) in [6.45, 7) is 8.81. The molecular weight excluding hydrogens is 336 g/mol. The van der Waals surface area contributed by atoms with Crippen LogP contribution in [0.1, 0.15) is 50.8 Å². The Labute approximate surface area is 162 Å². The Hall–Kier alpha value is -2.33. The number of amides is 1. The van der Waals surface area contributed by atoms with Gasteiger partial charge in [-0.1, -0.05) is 38.1 Å². The summed E-state index contributed by atoms with van der Waals surface area (Å²) in [6, 6.07) is 16.8. The Kier molecular flexibility index (Phi) is 6.51. The summed E-state index contributed by atoms with van der Waals surface area (Å²) in [5, 5.41) is 3.57. The van der Waals surface area contributed by atoms with E-state index < -0.39 is 0 Å². The number of nitrogens with zero attached hydrogens (tertiary/aromatic N) is 1. The molecule has 1 amide bonds. The number of anilines is 1. The van der Waals surface area contributed by atoms with Gasteiger partial charge in [0.15, 0.2) is 0 Å². The van der Waals surface area contributed by atoms with Gasteiger partial charge in [-0.2, -0.15) is 0 Å². The van der Waals surface area contributed by atoms with Gasteiger partial charge in [-0.15, -0.1) is 0 Å². The Morgan fingerprint density at radius 1 is 1.11 bits per heavy atom. The quantitative estimate of drug-likeness (QED) is 0.736. The fraction of sp³-hybridized carbons (Fsp3) is 0.435. The monoisotopic (exact) mass is 366 g/mol. The van der Waals surface area contributed by atoms with E-state index in [1.807, 2.05) is 29.2 Å². The van der Waals surface area contributed by atoms with Gasteiger partial charge in [-0.25, -0.2) is 0 Å². The van der Waals surface area contributed by atoms with Gasteiger partial charge in [0.2, 0.25) is 5.91 Å². The van der Waals surface area contributed by atoms with E-state index in [1.54, 1.807) is 0 Å². The first-order chi connectivity index (χ1) is 13.0. The number of benzene rings is 2. The van der Waals surface area contributed by atoms with E-state index >= 15 is 0 Å². The highest BCUT2D eigenvalue weighted by Crippen LogP contribution is 2.25. The Bertz CT molecular complexity index is 755. The number of hydrogen-bond acceptors (Lipinski definition) is 3. The van der Waals surface area contributed by atoms with Crippen LogP contribution in [0.4, 0.5) is 5.69 Å². The predicted molar refractivity (Wildman–Crippen MR) is 110 cm³/mol. The molecule has 0 radical (unpaired) electrons. The Morgan fingerprint density at radius 2 is 1.89 bits per heavy atom. The normalized spacial score (nSPS) is 15.4. The highest BCUT2D eigenvalue weighted by Gasteiger charge is 2.22. The highest BCUT2D eigenvalue weighted by molar-refractivity contribution is 5.95. The van der Waals surface area contributed by atoms with Crippen molar-refractivity contribution in [2.45, 2.75) is 46.2 Å².